The Kier molecular flexibility index (Phi) is 7.79. The minimum absolute atomic E-state index is 0.00662. The molecule has 0 aliphatic rings. The summed E-state index contributed by atoms with van der Waals surface area (Å²) in [5, 5.41) is 6.18. The predicted molar refractivity (Wildman–Crippen MR) is 83.5 cm³/mol. The van der Waals surface area contributed by atoms with Gasteiger partial charge >= 0.3 is 0 Å². The topological polar surface area (TPSA) is 59.6 Å². The van der Waals surface area contributed by atoms with Gasteiger partial charge in [0.25, 0.3) is 0 Å². The number of carbonyl (C=O) groups is 1. The summed E-state index contributed by atoms with van der Waals surface area (Å²) >= 11 is 0. The van der Waals surface area contributed by atoms with Crippen molar-refractivity contribution in [1.29, 1.82) is 0 Å². The van der Waals surface area contributed by atoms with Crippen molar-refractivity contribution in [2.24, 2.45) is 0 Å². The fraction of sp³-hybridized carbons (Fsp3) is 0.562. The average molecular weight is 294 g/mol. The quantitative estimate of drug-likeness (QED) is 0.683. The zero-order valence-electron chi connectivity index (χ0n) is 13.3. The first-order valence-corrected chi connectivity index (χ1v) is 7.25. The second kappa shape index (κ2) is 9.37. The van der Waals surface area contributed by atoms with Crippen molar-refractivity contribution in [3.8, 4) is 5.75 Å². The molecule has 0 aliphatic carbocycles. The lowest BCUT2D eigenvalue weighted by atomic mass is 10.1. The number of para-hydroxylation sites is 1. The van der Waals surface area contributed by atoms with Crippen LogP contribution in [0.4, 0.5) is 0 Å². The van der Waals surface area contributed by atoms with Gasteiger partial charge in [0.1, 0.15) is 5.75 Å². The van der Waals surface area contributed by atoms with Gasteiger partial charge in [0.2, 0.25) is 5.91 Å². The van der Waals surface area contributed by atoms with E-state index in [0.717, 1.165) is 17.7 Å². The van der Waals surface area contributed by atoms with Crippen molar-refractivity contribution < 1.29 is 14.3 Å². The van der Waals surface area contributed by atoms with Gasteiger partial charge in [-0.15, -0.1) is 0 Å². The lowest BCUT2D eigenvalue weighted by molar-refractivity contribution is -0.122. The summed E-state index contributed by atoms with van der Waals surface area (Å²) in [5.41, 5.74) is 1.04. The van der Waals surface area contributed by atoms with Crippen LogP contribution in [0.3, 0.4) is 0 Å². The van der Waals surface area contributed by atoms with Crippen molar-refractivity contribution in [3.05, 3.63) is 29.8 Å². The Balaban J connectivity index is 2.49. The van der Waals surface area contributed by atoms with Gasteiger partial charge in [-0.1, -0.05) is 18.2 Å². The molecule has 0 aliphatic heterocycles. The summed E-state index contributed by atoms with van der Waals surface area (Å²) < 4.78 is 10.3. The molecule has 2 atom stereocenters. The molecule has 5 nitrogen and oxygen atoms in total. The lowest BCUT2D eigenvalue weighted by Crippen LogP contribution is -2.43. The van der Waals surface area contributed by atoms with Crippen LogP contribution in [-0.4, -0.2) is 39.3 Å². The standard InChI is InChI=1S/C16H26N2O3/c1-12(14-8-5-6-9-15(14)21-4)18-13(2)16(19)17-10-7-11-20-3/h5-6,8-9,12-13,18H,7,10-11H2,1-4H3,(H,17,19)/t12-,13?/m1/s1. The van der Waals surface area contributed by atoms with E-state index < -0.39 is 0 Å². The van der Waals surface area contributed by atoms with Crippen LogP contribution in [0.15, 0.2) is 24.3 Å². The van der Waals surface area contributed by atoms with Crippen LogP contribution in [0.25, 0.3) is 0 Å². The molecule has 1 rings (SSSR count). The molecule has 1 unspecified atom stereocenters. The number of rotatable bonds is 9. The molecule has 0 aromatic heterocycles. The van der Waals surface area contributed by atoms with Gasteiger partial charge in [-0.05, 0) is 26.3 Å². The smallest absolute Gasteiger partial charge is 0.236 e. The molecule has 118 valence electrons. The maximum absolute atomic E-state index is 12.0. The van der Waals surface area contributed by atoms with Gasteiger partial charge in [-0.25, -0.2) is 0 Å². The number of carbonyl (C=O) groups excluding carboxylic acids is 1. The minimum Gasteiger partial charge on any atom is -0.496 e. The average Bonchev–Trinajstić information content (AvgIpc) is 2.51. The van der Waals surface area contributed by atoms with Crippen LogP contribution < -0.4 is 15.4 Å². The number of ether oxygens (including phenoxy) is 2. The van der Waals surface area contributed by atoms with E-state index in [1.807, 2.05) is 38.1 Å². The summed E-state index contributed by atoms with van der Waals surface area (Å²) in [4.78, 5) is 12.0. The molecule has 0 bridgehead atoms. The van der Waals surface area contributed by atoms with E-state index in [1.165, 1.54) is 0 Å². The zero-order valence-corrected chi connectivity index (χ0v) is 13.3. The first kappa shape index (κ1) is 17.5. The maximum Gasteiger partial charge on any atom is 0.236 e. The molecular formula is C16H26N2O3. The van der Waals surface area contributed by atoms with Crippen LogP contribution in [0, 0.1) is 0 Å². The van der Waals surface area contributed by atoms with E-state index in [9.17, 15) is 4.79 Å². The van der Waals surface area contributed by atoms with Crippen LogP contribution in [0.2, 0.25) is 0 Å². The molecule has 1 aromatic carbocycles. The molecule has 0 heterocycles. The largest absolute Gasteiger partial charge is 0.496 e. The summed E-state index contributed by atoms with van der Waals surface area (Å²) in [5.74, 6) is 0.818. The third-order valence-corrected chi connectivity index (χ3v) is 3.32. The second-order valence-corrected chi connectivity index (χ2v) is 4.99. The Hall–Kier alpha value is -1.59. The third-order valence-electron chi connectivity index (χ3n) is 3.32. The van der Waals surface area contributed by atoms with Gasteiger partial charge < -0.3 is 14.8 Å². The Morgan fingerprint density at radius 3 is 2.62 bits per heavy atom. The summed E-state index contributed by atoms with van der Waals surface area (Å²) in [7, 11) is 3.30. The number of methoxy groups -OCH3 is 2. The number of amides is 1. The molecule has 0 spiro atoms. The highest BCUT2D eigenvalue weighted by Crippen LogP contribution is 2.24. The van der Waals surface area contributed by atoms with E-state index in [2.05, 4.69) is 10.6 Å². The SMILES string of the molecule is COCCCNC(=O)C(C)N[C@H](C)c1ccccc1OC. The number of hydrogen-bond acceptors (Lipinski definition) is 4. The molecule has 21 heavy (non-hydrogen) atoms. The van der Waals surface area contributed by atoms with Crippen molar-refractivity contribution in [3.63, 3.8) is 0 Å². The lowest BCUT2D eigenvalue weighted by Gasteiger charge is -2.21. The van der Waals surface area contributed by atoms with Crippen LogP contribution in [0.1, 0.15) is 31.9 Å². The predicted octanol–water partition coefficient (Wildman–Crippen LogP) is 1.89. The molecule has 1 amide bonds. The Bertz CT molecular complexity index is 437. The maximum atomic E-state index is 12.0. The molecular weight excluding hydrogens is 268 g/mol. The normalized spacial score (nSPS) is 13.5. The number of hydrogen-bond donors (Lipinski definition) is 2. The molecule has 5 heteroatoms. The Labute approximate surface area is 127 Å². The summed E-state index contributed by atoms with van der Waals surface area (Å²) in [6.45, 7) is 5.16. The highest BCUT2D eigenvalue weighted by Gasteiger charge is 2.17. The fourth-order valence-electron chi connectivity index (χ4n) is 2.15. The van der Waals surface area contributed by atoms with Gasteiger partial charge in [-0.3, -0.25) is 10.1 Å². The van der Waals surface area contributed by atoms with E-state index >= 15 is 0 Å². The monoisotopic (exact) mass is 294 g/mol. The van der Waals surface area contributed by atoms with Crippen molar-refractivity contribution in [2.75, 3.05) is 27.4 Å². The van der Waals surface area contributed by atoms with Gasteiger partial charge in [0, 0.05) is 31.9 Å². The first-order chi connectivity index (χ1) is 10.1. The summed E-state index contributed by atoms with van der Waals surface area (Å²) in [6, 6.07) is 7.57. The number of nitrogens with one attached hydrogen (secondary N) is 2. The number of benzene rings is 1. The van der Waals surface area contributed by atoms with Crippen molar-refractivity contribution >= 4 is 5.91 Å². The van der Waals surface area contributed by atoms with Crippen LogP contribution in [0.5, 0.6) is 5.75 Å². The molecule has 0 saturated heterocycles. The van der Waals surface area contributed by atoms with Crippen LogP contribution >= 0.6 is 0 Å². The van der Waals surface area contributed by atoms with E-state index in [4.69, 9.17) is 9.47 Å². The second-order valence-electron chi connectivity index (χ2n) is 4.99. The molecule has 0 radical (unpaired) electrons. The van der Waals surface area contributed by atoms with Crippen molar-refractivity contribution in [2.45, 2.75) is 32.4 Å². The molecule has 0 saturated carbocycles. The summed E-state index contributed by atoms with van der Waals surface area (Å²) in [6.07, 6.45) is 0.816. The molecule has 0 fully saturated rings. The Morgan fingerprint density at radius 1 is 1.24 bits per heavy atom. The minimum atomic E-state index is -0.271. The van der Waals surface area contributed by atoms with Gasteiger partial charge in [0.15, 0.2) is 0 Å². The van der Waals surface area contributed by atoms with Crippen LogP contribution in [-0.2, 0) is 9.53 Å². The van der Waals surface area contributed by atoms with E-state index in [-0.39, 0.29) is 18.0 Å². The fourth-order valence-corrected chi connectivity index (χ4v) is 2.15. The third kappa shape index (κ3) is 5.73. The Morgan fingerprint density at radius 2 is 1.95 bits per heavy atom. The van der Waals surface area contributed by atoms with E-state index in [1.54, 1.807) is 14.2 Å². The highest BCUT2D eigenvalue weighted by molar-refractivity contribution is 5.81. The van der Waals surface area contributed by atoms with Crippen molar-refractivity contribution in [1.82, 2.24) is 10.6 Å². The van der Waals surface area contributed by atoms with Gasteiger partial charge in [-0.2, -0.15) is 0 Å². The zero-order chi connectivity index (χ0) is 15.7. The first-order valence-electron chi connectivity index (χ1n) is 7.25. The highest BCUT2D eigenvalue weighted by atomic mass is 16.5. The molecule has 1 aromatic rings. The van der Waals surface area contributed by atoms with Gasteiger partial charge in [0.05, 0.1) is 13.2 Å². The van der Waals surface area contributed by atoms with E-state index in [0.29, 0.717) is 13.2 Å². The molecule has 2 N–H and O–H groups in total.